The lowest BCUT2D eigenvalue weighted by Gasteiger charge is -2.40. The maximum Gasteiger partial charge on any atom is 0.408 e. The Morgan fingerprint density at radius 2 is 1.88 bits per heavy atom. The van der Waals surface area contributed by atoms with Crippen LogP contribution in [-0.4, -0.2) is 41.5 Å². The summed E-state index contributed by atoms with van der Waals surface area (Å²) in [6.45, 7) is 0.691. The molecule has 0 saturated carbocycles. The standard InChI is InChI=1S/C15H15F5N2O2/c1-8(23)22-7-10(3-5-13(22)15(18,19)20)21-14(24)11-4-2-9(16)6-12(11)17/h2,4,6,10,13H,3,5,7H2,1H3,(H,21,24). The molecular formula is C15H15F5N2O2. The van der Waals surface area contributed by atoms with Crippen molar-refractivity contribution in [1.82, 2.24) is 10.2 Å². The van der Waals surface area contributed by atoms with Gasteiger partial charge in [0, 0.05) is 25.6 Å². The first-order chi connectivity index (χ1) is 11.1. The lowest BCUT2D eigenvalue weighted by Crippen LogP contribution is -2.57. The van der Waals surface area contributed by atoms with E-state index in [1.54, 1.807) is 0 Å². The Hall–Kier alpha value is -2.19. The van der Waals surface area contributed by atoms with Crippen molar-refractivity contribution in [3.05, 3.63) is 35.4 Å². The molecule has 0 aromatic heterocycles. The normalized spacial score (nSPS) is 21.5. The van der Waals surface area contributed by atoms with E-state index < -0.39 is 47.3 Å². The molecule has 9 heteroatoms. The molecular weight excluding hydrogens is 335 g/mol. The van der Waals surface area contributed by atoms with E-state index in [1.807, 2.05) is 0 Å². The fourth-order valence-electron chi connectivity index (χ4n) is 2.71. The van der Waals surface area contributed by atoms with E-state index in [1.165, 1.54) is 0 Å². The molecule has 24 heavy (non-hydrogen) atoms. The number of hydrogen-bond acceptors (Lipinski definition) is 2. The fraction of sp³-hybridized carbons (Fsp3) is 0.467. The topological polar surface area (TPSA) is 49.4 Å². The van der Waals surface area contributed by atoms with Crippen molar-refractivity contribution in [2.45, 2.75) is 38.0 Å². The van der Waals surface area contributed by atoms with Gasteiger partial charge in [-0.15, -0.1) is 0 Å². The van der Waals surface area contributed by atoms with Gasteiger partial charge in [0.15, 0.2) is 0 Å². The second-order valence-electron chi connectivity index (χ2n) is 5.60. The first-order valence-electron chi connectivity index (χ1n) is 7.19. The van der Waals surface area contributed by atoms with E-state index in [2.05, 4.69) is 5.32 Å². The number of rotatable bonds is 2. The molecule has 1 aliphatic rings. The molecule has 2 rings (SSSR count). The fourth-order valence-corrected chi connectivity index (χ4v) is 2.71. The molecule has 0 radical (unpaired) electrons. The van der Waals surface area contributed by atoms with E-state index in [0.717, 1.165) is 19.1 Å². The summed E-state index contributed by atoms with van der Waals surface area (Å²) in [5, 5.41) is 2.39. The van der Waals surface area contributed by atoms with Gasteiger partial charge in [-0.05, 0) is 25.0 Å². The van der Waals surface area contributed by atoms with Gasteiger partial charge in [0.1, 0.15) is 17.7 Å². The van der Waals surface area contributed by atoms with Crippen molar-refractivity contribution in [1.29, 1.82) is 0 Å². The zero-order valence-corrected chi connectivity index (χ0v) is 12.7. The van der Waals surface area contributed by atoms with Crippen LogP contribution < -0.4 is 5.32 Å². The number of benzene rings is 1. The predicted molar refractivity (Wildman–Crippen MR) is 74.1 cm³/mol. The molecule has 1 aromatic rings. The van der Waals surface area contributed by atoms with Gasteiger partial charge in [-0.3, -0.25) is 9.59 Å². The third-order valence-electron chi connectivity index (χ3n) is 3.88. The van der Waals surface area contributed by atoms with Crippen LogP contribution in [0.4, 0.5) is 22.0 Å². The number of carbonyl (C=O) groups is 2. The quantitative estimate of drug-likeness (QED) is 0.834. The summed E-state index contributed by atoms with van der Waals surface area (Å²) in [4.78, 5) is 24.1. The van der Waals surface area contributed by atoms with Gasteiger partial charge in [0.2, 0.25) is 5.91 Å². The minimum absolute atomic E-state index is 0.0114. The molecule has 1 aromatic carbocycles. The lowest BCUT2D eigenvalue weighted by atomic mass is 9.97. The van der Waals surface area contributed by atoms with Crippen LogP contribution in [0.25, 0.3) is 0 Å². The van der Waals surface area contributed by atoms with Crippen LogP contribution in [0.15, 0.2) is 18.2 Å². The number of amides is 2. The molecule has 1 saturated heterocycles. The van der Waals surface area contributed by atoms with Gasteiger partial charge in [-0.1, -0.05) is 0 Å². The van der Waals surface area contributed by atoms with Crippen molar-refractivity contribution in [2.24, 2.45) is 0 Å². The second kappa shape index (κ2) is 6.74. The van der Waals surface area contributed by atoms with Crippen LogP contribution >= 0.6 is 0 Å². The number of halogens is 5. The molecule has 1 N–H and O–H groups in total. The summed E-state index contributed by atoms with van der Waals surface area (Å²) in [6.07, 6.45) is -4.92. The Labute approximate surface area is 134 Å². The predicted octanol–water partition coefficient (Wildman–Crippen LogP) is 2.64. The summed E-state index contributed by atoms with van der Waals surface area (Å²) in [5.74, 6) is -3.55. The first kappa shape index (κ1) is 18.2. The van der Waals surface area contributed by atoms with E-state index >= 15 is 0 Å². The molecule has 2 amide bonds. The van der Waals surface area contributed by atoms with Gasteiger partial charge >= 0.3 is 6.18 Å². The molecule has 0 spiro atoms. The Balaban J connectivity index is 2.09. The maximum absolute atomic E-state index is 13.6. The number of nitrogens with zero attached hydrogens (tertiary/aromatic N) is 1. The number of alkyl halides is 3. The van der Waals surface area contributed by atoms with Crippen LogP contribution in [0.5, 0.6) is 0 Å². The Kier molecular flexibility index (Phi) is 5.10. The molecule has 132 valence electrons. The second-order valence-corrected chi connectivity index (χ2v) is 5.60. The highest BCUT2D eigenvalue weighted by Crippen LogP contribution is 2.32. The van der Waals surface area contributed by atoms with Gasteiger partial charge in [-0.25, -0.2) is 8.78 Å². The highest BCUT2D eigenvalue weighted by atomic mass is 19.4. The largest absolute Gasteiger partial charge is 0.408 e. The number of nitrogens with one attached hydrogen (secondary N) is 1. The maximum atomic E-state index is 13.6. The zero-order valence-electron chi connectivity index (χ0n) is 12.7. The Morgan fingerprint density at radius 1 is 1.21 bits per heavy atom. The van der Waals surface area contributed by atoms with Gasteiger partial charge in [0.25, 0.3) is 5.91 Å². The summed E-state index contributed by atoms with van der Waals surface area (Å²) in [5.41, 5.74) is -0.413. The number of piperidine rings is 1. The van der Waals surface area contributed by atoms with Crippen molar-refractivity contribution >= 4 is 11.8 Å². The summed E-state index contributed by atoms with van der Waals surface area (Å²) >= 11 is 0. The Morgan fingerprint density at radius 3 is 2.42 bits per heavy atom. The highest BCUT2D eigenvalue weighted by molar-refractivity contribution is 5.94. The molecule has 1 aliphatic heterocycles. The molecule has 2 unspecified atom stereocenters. The van der Waals surface area contributed by atoms with E-state index in [0.29, 0.717) is 11.0 Å². The van der Waals surface area contributed by atoms with Gasteiger partial charge in [0.05, 0.1) is 5.56 Å². The molecule has 1 heterocycles. The lowest BCUT2D eigenvalue weighted by molar-refractivity contribution is -0.196. The zero-order chi connectivity index (χ0) is 18.1. The minimum atomic E-state index is -4.55. The highest BCUT2D eigenvalue weighted by Gasteiger charge is 2.47. The average molecular weight is 350 g/mol. The Bertz CT molecular complexity index is 647. The molecule has 1 fully saturated rings. The van der Waals surface area contributed by atoms with Crippen LogP contribution in [0.1, 0.15) is 30.1 Å². The third kappa shape index (κ3) is 4.01. The van der Waals surface area contributed by atoms with Crippen LogP contribution in [-0.2, 0) is 4.79 Å². The number of carbonyl (C=O) groups excluding carboxylic acids is 2. The van der Waals surface area contributed by atoms with Crippen LogP contribution in [0, 0.1) is 11.6 Å². The van der Waals surface area contributed by atoms with E-state index in [4.69, 9.17) is 0 Å². The number of hydrogen-bond donors (Lipinski definition) is 1. The molecule has 4 nitrogen and oxygen atoms in total. The first-order valence-corrected chi connectivity index (χ1v) is 7.19. The van der Waals surface area contributed by atoms with Gasteiger partial charge in [-0.2, -0.15) is 13.2 Å². The summed E-state index contributed by atoms with van der Waals surface area (Å²) < 4.78 is 65.2. The third-order valence-corrected chi connectivity index (χ3v) is 3.88. The van der Waals surface area contributed by atoms with Crippen molar-refractivity contribution in [3.63, 3.8) is 0 Å². The van der Waals surface area contributed by atoms with Crippen molar-refractivity contribution in [2.75, 3.05) is 6.54 Å². The van der Waals surface area contributed by atoms with Crippen LogP contribution in [0.2, 0.25) is 0 Å². The monoisotopic (exact) mass is 350 g/mol. The van der Waals surface area contributed by atoms with E-state index in [9.17, 15) is 31.5 Å². The van der Waals surface area contributed by atoms with Crippen molar-refractivity contribution < 1.29 is 31.5 Å². The number of likely N-dealkylation sites (tertiary alicyclic amines) is 1. The smallest absolute Gasteiger partial charge is 0.347 e. The van der Waals surface area contributed by atoms with Crippen molar-refractivity contribution in [3.8, 4) is 0 Å². The van der Waals surface area contributed by atoms with Crippen LogP contribution in [0.3, 0.4) is 0 Å². The molecule has 2 atom stereocenters. The van der Waals surface area contributed by atoms with Gasteiger partial charge < -0.3 is 10.2 Å². The van der Waals surface area contributed by atoms with E-state index in [-0.39, 0.29) is 19.4 Å². The summed E-state index contributed by atoms with van der Waals surface area (Å²) in [7, 11) is 0. The molecule has 0 aliphatic carbocycles. The summed E-state index contributed by atoms with van der Waals surface area (Å²) in [6, 6.07) is -0.253. The minimum Gasteiger partial charge on any atom is -0.347 e. The molecule has 0 bridgehead atoms. The average Bonchev–Trinajstić information content (AvgIpc) is 2.45. The SMILES string of the molecule is CC(=O)N1CC(NC(=O)c2ccc(F)cc2F)CCC1C(F)(F)F.